The van der Waals surface area contributed by atoms with Crippen molar-refractivity contribution in [1.82, 2.24) is 0 Å². The minimum absolute atomic E-state index is 0.340. The molecule has 21 heavy (non-hydrogen) atoms. The Labute approximate surface area is 122 Å². The van der Waals surface area contributed by atoms with Gasteiger partial charge in [0.15, 0.2) is 12.5 Å². The molecule has 0 bridgehead atoms. The second-order valence-electron chi connectivity index (χ2n) is 4.71. The van der Waals surface area contributed by atoms with E-state index in [0.29, 0.717) is 11.3 Å². The van der Waals surface area contributed by atoms with Crippen LogP contribution < -0.4 is 4.90 Å². The normalized spacial score (nSPS) is 10.8. The molecular formula is C16H16FN3O. The smallest absolute Gasteiger partial charge is 0.193 e. The number of Topliss-reactive ketones (excluding diaryl/α,β-unsaturated/α-hetero) is 1. The van der Waals surface area contributed by atoms with Crippen LogP contribution in [0.5, 0.6) is 0 Å². The third kappa shape index (κ3) is 3.95. The van der Waals surface area contributed by atoms with Crippen LogP contribution >= 0.6 is 0 Å². The molecule has 2 aromatic carbocycles. The van der Waals surface area contributed by atoms with E-state index in [-0.39, 0.29) is 0 Å². The molecule has 4 nitrogen and oxygen atoms in total. The molecule has 108 valence electrons. The molecule has 5 heteroatoms. The van der Waals surface area contributed by atoms with E-state index in [1.54, 1.807) is 24.3 Å². The highest BCUT2D eigenvalue weighted by atomic mass is 19.1. The summed E-state index contributed by atoms with van der Waals surface area (Å²) in [7, 11) is 3.94. The van der Waals surface area contributed by atoms with Crippen molar-refractivity contribution < 1.29 is 9.18 Å². The molecule has 0 N–H and O–H groups in total. The Kier molecular flexibility index (Phi) is 4.77. The third-order valence-corrected chi connectivity index (χ3v) is 2.96. The zero-order chi connectivity index (χ0) is 15.2. The first-order valence-electron chi connectivity index (χ1n) is 6.48. The number of ketones is 1. The minimum Gasteiger partial charge on any atom is -0.378 e. The average molecular weight is 285 g/mol. The Morgan fingerprint density at radius 3 is 1.86 bits per heavy atom. The number of hydrogen-bond acceptors (Lipinski definition) is 4. The van der Waals surface area contributed by atoms with Crippen molar-refractivity contribution in [1.29, 1.82) is 0 Å². The predicted octanol–water partition coefficient (Wildman–Crippen LogP) is 4.32. The number of carbonyl (C=O) groups excluding carboxylic acids is 1. The Morgan fingerprint density at radius 2 is 1.43 bits per heavy atom. The molecule has 0 saturated heterocycles. The maximum Gasteiger partial charge on any atom is 0.193 e. The summed E-state index contributed by atoms with van der Waals surface area (Å²) in [5.74, 6) is -0.530. The van der Waals surface area contributed by atoms with E-state index in [1.807, 2.05) is 43.3 Å². The van der Waals surface area contributed by atoms with Crippen LogP contribution in [0, 0.1) is 0 Å². The van der Waals surface area contributed by atoms with Gasteiger partial charge in [0.05, 0.1) is 11.4 Å². The van der Waals surface area contributed by atoms with Gasteiger partial charge in [0, 0.05) is 25.3 Å². The van der Waals surface area contributed by atoms with Crippen molar-refractivity contribution in [3.8, 4) is 0 Å². The number of rotatable bonds is 5. The maximum absolute atomic E-state index is 12.2. The van der Waals surface area contributed by atoms with Gasteiger partial charge in [-0.15, -0.1) is 0 Å². The average Bonchev–Trinajstić information content (AvgIpc) is 2.53. The molecule has 0 aromatic heterocycles. The van der Waals surface area contributed by atoms with Crippen molar-refractivity contribution in [2.45, 2.75) is 0 Å². The van der Waals surface area contributed by atoms with E-state index < -0.39 is 12.5 Å². The molecule has 0 unspecified atom stereocenters. The Morgan fingerprint density at radius 1 is 0.952 bits per heavy atom. The van der Waals surface area contributed by atoms with Crippen LogP contribution in [0.1, 0.15) is 10.4 Å². The zero-order valence-electron chi connectivity index (χ0n) is 12.0. The molecular weight excluding hydrogens is 269 g/mol. The summed E-state index contributed by atoms with van der Waals surface area (Å²) in [4.78, 5) is 13.2. The lowest BCUT2D eigenvalue weighted by molar-refractivity contribution is 0.0958. The zero-order valence-corrected chi connectivity index (χ0v) is 12.0. The van der Waals surface area contributed by atoms with Gasteiger partial charge in [-0.3, -0.25) is 4.79 Å². The van der Waals surface area contributed by atoms with Gasteiger partial charge in [-0.25, -0.2) is 4.39 Å². The van der Waals surface area contributed by atoms with Gasteiger partial charge in [0.2, 0.25) is 0 Å². The second kappa shape index (κ2) is 6.74. The first kappa shape index (κ1) is 14.8. The van der Waals surface area contributed by atoms with Crippen LogP contribution in [0.3, 0.4) is 0 Å². The summed E-state index contributed by atoms with van der Waals surface area (Å²) in [5, 5.41) is 8.20. The number of hydrogen-bond donors (Lipinski definition) is 0. The van der Waals surface area contributed by atoms with Crippen LogP contribution in [-0.2, 0) is 0 Å². The molecule has 2 rings (SSSR count). The van der Waals surface area contributed by atoms with E-state index >= 15 is 0 Å². The molecule has 0 heterocycles. The standard InChI is InChI=1S/C16H16FN3O/c1-20(2)15-9-7-14(8-10-15)19-18-13-5-3-12(4-6-13)16(21)11-17/h3-10H,11H2,1-2H3. The van der Waals surface area contributed by atoms with E-state index in [2.05, 4.69) is 10.2 Å². The van der Waals surface area contributed by atoms with E-state index in [0.717, 1.165) is 11.4 Å². The van der Waals surface area contributed by atoms with Crippen molar-refractivity contribution >= 4 is 22.8 Å². The number of anilines is 1. The minimum atomic E-state index is -0.987. The molecule has 0 spiro atoms. The van der Waals surface area contributed by atoms with Gasteiger partial charge in [0.1, 0.15) is 0 Å². The van der Waals surface area contributed by atoms with Crippen LogP contribution in [-0.4, -0.2) is 26.6 Å². The predicted molar refractivity (Wildman–Crippen MR) is 81.7 cm³/mol. The molecule has 0 amide bonds. The maximum atomic E-state index is 12.2. The van der Waals surface area contributed by atoms with Gasteiger partial charge in [-0.05, 0) is 48.5 Å². The molecule has 0 aliphatic carbocycles. The first-order chi connectivity index (χ1) is 10.1. The Balaban J connectivity index is 2.08. The molecule has 0 saturated carbocycles. The fourth-order valence-corrected chi connectivity index (χ4v) is 1.72. The number of nitrogens with zero attached hydrogens (tertiary/aromatic N) is 3. The van der Waals surface area contributed by atoms with Gasteiger partial charge in [-0.2, -0.15) is 10.2 Å². The summed E-state index contributed by atoms with van der Waals surface area (Å²) in [6.45, 7) is -0.987. The SMILES string of the molecule is CN(C)c1ccc(N=Nc2ccc(C(=O)CF)cc2)cc1. The highest BCUT2D eigenvalue weighted by molar-refractivity contribution is 5.97. The molecule has 0 fully saturated rings. The molecule has 0 aliphatic rings. The van der Waals surface area contributed by atoms with E-state index in [9.17, 15) is 9.18 Å². The van der Waals surface area contributed by atoms with Crippen LogP contribution in [0.2, 0.25) is 0 Å². The number of halogens is 1. The van der Waals surface area contributed by atoms with Gasteiger partial charge in [0.25, 0.3) is 0 Å². The number of benzene rings is 2. The fourth-order valence-electron chi connectivity index (χ4n) is 1.72. The van der Waals surface area contributed by atoms with Crippen molar-refractivity contribution in [3.05, 3.63) is 54.1 Å². The third-order valence-electron chi connectivity index (χ3n) is 2.96. The number of alkyl halides is 1. The van der Waals surface area contributed by atoms with Crippen LogP contribution in [0.15, 0.2) is 58.8 Å². The molecule has 2 aromatic rings. The fraction of sp³-hybridized carbons (Fsp3) is 0.188. The lowest BCUT2D eigenvalue weighted by Gasteiger charge is -2.11. The Hall–Kier alpha value is -2.56. The van der Waals surface area contributed by atoms with Crippen molar-refractivity contribution in [2.75, 3.05) is 25.7 Å². The largest absolute Gasteiger partial charge is 0.378 e. The highest BCUT2D eigenvalue weighted by Gasteiger charge is 2.03. The lowest BCUT2D eigenvalue weighted by Crippen LogP contribution is -2.07. The quantitative estimate of drug-likeness (QED) is 0.606. The first-order valence-corrected chi connectivity index (χ1v) is 6.48. The summed E-state index contributed by atoms with van der Waals surface area (Å²) in [5.41, 5.74) is 2.78. The molecule has 0 aliphatic heterocycles. The van der Waals surface area contributed by atoms with E-state index in [1.165, 1.54) is 0 Å². The van der Waals surface area contributed by atoms with Crippen LogP contribution in [0.4, 0.5) is 21.5 Å². The van der Waals surface area contributed by atoms with Gasteiger partial charge in [-0.1, -0.05) is 0 Å². The Bertz CT molecular complexity index is 634. The highest BCUT2D eigenvalue weighted by Crippen LogP contribution is 2.21. The topological polar surface area (TPSA) is 45.0 Å². The molecule has 0 radical (unpaired) electrons. The summed E-state index contributed by atoms with van der Waals surface area (Å²) < 4.78 is 12.2. The van der Waals surface area contributed by atoms with Crippen molar-refractivity contribution in [2.24, 2.45) is 10.2 Å². The number of azo groups is 1. The monoisotopic (exact) mass is 285 g/mol. The van der Waals surface area contributed by atoms with Crippen molar-refractivity contribution in [3.63, 3.8) is 0 Å². The summed E-state index contributed by atoms with van der Waals surface area (Å²) in [6.07, 6.45) is 0. The van der Waals surface area contributed by atoms with Gasteiger partial charge < -0.3 is 4.90 Å². The van der Waals surface area contributed by atoms with Gasteiger partial charge >= 0.3 is 0 Å². The second-order valence-corrected chi connectivity index (χ2v) is 4.71. The summed E-state index contributed by atoms with van der Waals surface area (Å²) >= 11 is 0. The summed E-state index contributed by atoms with van der Waals surface area (Å²) in [6, 6.07) is 14.0. The number of carbonyl (C=O) groups is 1. The van der Waals surface area contributed by atoms with E-state index in [4.69, 9.17) is 0 Å². The lowest BCUT2D eigenvalue weighted by atomic mass is 10.1. The molecule has 0 atom stereocenters. The van der Waals surface area contributed by atoms with Crippen LogP contribution in [0.25, 0.3) is 0 Å².